The van der Waals surface area contributed by atoms with E-state index in [-0.39, 0.29) is 24.0 Å². The Morgan fingerprint density at radius 1 is 1.36 bits per heavy atom. The van der Waals surface area contributed by atoms with Gasteiger partial charge in [0.2, 0.25) is 5.91 Å². The largest absolute Gasteiger partial charge is 0.368 e. The van der Waals surface area contributed by atoms with Crippen molar-refractivity contribution in [1.82, 2.24) is 9.55 Å². The number of aryl methyl sites for hydroxylation is 1. The van der Waals surface area contributed by atoms with Gasteiger partial charge < -0.3 is 11.1 Å². The summed E-state index contributed by atoms with van der Waals surface area (Å²) in [6, 6.07) is 8.38. The Balaban J connectivity index is 1.82. The molecule has 1 aromatic carbocycles. The average Bonchev–Trinajstić information content (AvgIpc) is 2.88. The molecular weight excluding hydrogens is 280 g/mol. The number of rotatable bonds is 4. The van der Waals surface area contributed by atoms with E-state index in [0.717, 1.165) is 12.8 Å². The van der Waals surface area contributed by atoms with Crippen molar-refractivity contribution < 1.29 is 4.79 Å². The molecule has 0 saturated carbocycles. The molecule has 3 rings (SSSR count). The maximum atomic E-state index is 12.4. The summed E-state index contributed by atoms with van der Waals surface area (Å²) in [7, 11) is 0. The smallest absolute Gasteiger partial charge is 0.293 e. The number of nitrogens with one attached hydrogen (secondary N) is 1. The molecule has 0 atom stereocenters. The summed E-state index contributed by atoms with van der Waals surface area (Å²) in [4.78, 5) is 27.7. The van der Waals surface area contributed by atoms with Crippen LogP contribution in [0.15, 0.2) is 35.3 Å². The molecule has 0 aliphatic heterocycles. The maximum Gasteiger partial charge on any atom is 0.293 e. The van der Waals surface area contributed by atoms with E-state index in [9.17, 15) is 9.59 Å². The van der Waals surface area contributed by atoms with Gasteiger partial charge in [-0.2, -0.15) is 0 Å². The van der Waals surface area contributed by atoms with Crippen LogP contribution in [0.2, 0.25) is 0 Å². The lowest BCUT2D eigenvalue weighted by molar-refractivity contribution is -0.118. The second-order valence-electron chi connectivity index (χ2n) is 5.62. The highest BCUT2D eigenvalue weighted by Gasteiger charge is 2.22. The number of anilines is 1. The number of nitrogens with two attached hydrogens (primary N) is 1. The fourth-order valence-corrected chi connectivity index (χ4v) is 2.88. The fraction of sp³-hybridized carbons (Fsp3) is 0.312. The molecule has 1 aromatic heterocycles. The third-order valence-electron chi connectivity index (χ3n) is 3.96. The predicted molar refractivity (Wildman–Crippen MR) is 83.7 cm³/mol. The van der Waals surface area contributed by atoms with Gasteiger partial charge in [0.25, 0.3) is 5.56 Å². The number of nitrogens with zero attached hydrogens (tertiary/aromatic N) is 2. The third-order valence-corrected chi connectivity index (χ3v) is 3.96. The monoisotopic (exact) mass is 298 g/mol. The fourth-order valence-electron chi connectivity index (χ4n) is 2.88. The molecule has 1 amide bonds. The molecule has 1 aliphatic carbocycles. The molecule has 0 saturated heterocycles. The first kappa shape index (κ1) is 14.3. The minimum absolute atomic E-state index is 0.132. The second kappa shape index (κ2) is 5.63. The Hall–Kier alpha value is -2.63. The van der Waals surface area contributed by atoms with Crippen LogP contribution < -0.4 is 16.6 Å². The summed E-state index contributed by atoms with van der Waals surface area (Å²) in [5, 5.41) is 3.20. The van der Waals surface area contributed by atoms with Crippen molar-refractivity contribution in [2.24, 2.45) is 5.73 Å². The minimum atomic E-state index is -0.546. The molecule has 2 aromatic rings. The summed E-state index contributed by atoms with van der Waals surface area (Å²) in [6.45, 7) is 1.60. The van der Waals surface area contributed by atoms with Crippen LogP contribution in [0.5, 0.6) is 0 Å². The standard InChI is InChI=1S/C16H18N4O2/c1-10-8-18-15(16(22)20(10)9-14(17)21)19-13-6-11-4-2-3-5-12(11)7-13/h2-5,8,13H,6-7,9H2,1H3,(H2,17,21)(H,18,19). The van der Waals surface area contributed by atoms with Crippen LogP contribution >= 0.6 is 0 Å². The normalized spacial score (nSPS) is 13.9. The minimum Gasteiger partial charge on any atom is -0.368 e. The first-order chi connectivity index (χ1) is 10.5. The third kappa shape index (κ3) is 2.72. The predicted octanol–water partition coefficient (Wildman–Crippen LogP) is 0.616. The Labute approximate surface area is 128 Å². The molecule has 1 heterocycles. The van der Waals surface area contributed by atoms with Gasteiger partial charge in [0.1, 0.15) is 6.54 Å². The number of amides is 1. The zero-order chi connectivity index (χ0) is 15.7. The lowest BCUT2D eigenvalue weighted by Crippen LogP contribution is -2.34. The molecule has 22 heavy (non-hydrogen) atoms. The van der Waals surface area contributed by atoms with Crippen molar-refractivity contribution in [1.29, 1.82) is 0 Å². The number of benzene rings is 1. The summed E-state index contributed by atoms with van der Waals surface area (Å²) >= 11 is 0. The summed E-state index contributed by atoms with van der Waals surface area (Å²) in [5.41, 5.74) is 8.09. The van der Waals surface area contributed by atoms with Crippen LogP contribution in [0, 0.1) is 6.92 Å². The molecule has 114 valence electrons. The highest BCUT2D eigenvalue weighted by molar-refractivity contribution is 5.73. The number of fused-ring (bicyclic) bond motifs is 1. The SMILES string of the molecule is Cc1cnc(NC2Cc3ccccc3C2)c(=O)n1CC(N)=O. The van der Waals surface area contributed by atoms with Gasteiger partial charge in [-0.05, 0) is 30.9 Å². The number of aromatic nitrogens is 2. The molecule has 6 nitrogen and oxygen atoms in total. The van der Waals surface area contributed by atoms with Crippen LogP contribution in [-0.2, 0) is 24.2 Å². The number of carbonyl (C=O) groups is 1. The first-order valence-electron chi connectivity index (χ1n) is 7.22. The molecule has 0 spiro atoms. The summed E-state index contributed by atoms with van der Waals surface area (Å²) in [6.07, 6.45) is 3.30. The van der Waals surface area contributed by atoms with E-state index in [1.54, 1.807) is 13.1 Å². The van der Waals surface area contributed by atoms with Crippen molar-refractivity contribution in [2.75, 3.05) is 5.32 Å². The Bertz CT molecular complexity index is 757. The summed E-state index contributed by atoms with van der Waals surface area (Å²) in [5.74, 6) is -0.278. The van der Waals surface area contributed by atoms with E-state index >= 15 is 0 Å². The van der Waals surface area contributed by atoms with Crippen LogP contribution in [-0.4, -0.2) is 21.5 Å². The molecule has 1 aliphatic rings. The van der Waals surface area contributed by atoms with Crippen LogP contribution in [0.1, 0.15) is 16.8 Å². The van der Waals surface area contributed by atoms with Crippen molar-refractivity contribution >= 4 is 11.7 Å². The van der Waals surface area contributed by atoms with E-state index in [1.807, 2.05) is 12.1 Å². The van der Waals surface area contributed by atoms with Gasteiger partial charge >= 0.3 is 0 Å². The first-order valence-corrected chi connectivity index (χ1v) is 7.22. The second-order valence-corrected chi connectivity index (χ2v) is 5.62. The van der Waals surface area contributed by atoms with Gasteiger partial charge in [0, 0.05) is 17.9 Å². The maximum absolute atomic E-state index is 12.4. The molecule has 0 radical (unpaired) electrons. The quantitative estimate of drug-likeness (QED) is 0.865. The summed E-state index contributed by atoms with van der Waals surface area (Å²) < 4.78 is 1.35. The topological polar surface area (TPSA) is 90.0 Å². The van der Waals surface area contributed by atoms with E-state index in [0.29, 0.717) is 5.69 Å². The Kier molecular flexibility index (Phi) is 3.66. The van der Waals surface area contributed by atoms with Gasteiger partial charge in [0.15, 0.2) is 5.82 Å². The highest BCUT2D eigenvalue weighted by atomic mass is 16.2. The van der Waals surface area contributed by atoms with E-state index in [4.69, 9.17) is 5.73 Å². The van der Waals surface area contributed by atoms with Crippen molar-refractivity contribution in [3.05, 3.63) is 57.6 Å². The number of hydrogen-bond donors (Lipinski definition) is 2. The number of hydrogen-bond acceptors (Lipinski definition) is 4. The van der Waals surface area contributed by atoms with E-state index < -0.39 is 5.91 Å². The Morgan fingerprint density at radius 3 is 2.59 bits per heavy atom. The number of primary amides is 1. The van der Waals surface area contributed by atoms with E-state index in [2.05, 4.69) is 22.4 Å². The van der Waals surface area contributed by atoms with Gasteiger partial charge in [0.05, 0.1) is 0 Å². The average molecular weight is 298 g/mol. The lowest BCUT2D eigenvalue weighted by atomic mass is 10.1. The van der Waals surface area contributed by atoms with Crippen LogP contribution in [0.25, 0.3) is 0 Å². The zero-order valence-corrected chi connectivity index (χ0v) is 12.4. The molecular formula is C16H18N4O2. The Morgan fingerprint density at radius 2 is 2.00 bits per heavy atom. The van der Waals surface area contributed by atoms with E-state index in [1.165, 1.54) is 15.7 Å². The van der Waals surface area contributed by atoms with Crippen molar-refractivity contribution in [2.45, 2.75) is 32.4 Å². The molecule has 0 bridgehead atoms. The van der Waals surface area contributed by atoms with Gasteiger partial charge in [-0.1, -0.05) is 24.3 Å². The lowest BCUT2D eigenvalue weighted by Gasteiger charge is -2.14. The van der Waals surface area contributed by atoms with Crippen LogP contribution in [0.4, 0.5) is 5.82 Å². The highest BCUT2D eigenvalue weighted by Crippen LogP contribution is 2.23. The molecule has 0 fully saturated rings. The molecule has 0 unspecified atom stereocenters. The zero-order valence-electron chi connectivity index (χ0n) is 12.4. The van der Waals surface area contributed by atoms with Gasteiger partial charge in [-0.3, -0.25) is 14.2 Å². The van der Waals surface area contributed by atoms with Crippen molar-refractivity contribution in [3.8, 4) is 0 Å². The van der Waals surface area contributed by atoms with Crippen LogP contribution in [0.3, 0.4) is 0 Å². The molecule has 3 N–H and O–H groups in total. The van der Waals surface area contributed by atoms with Gasteiger partial charge in [-0.25, -0.2) is 4.98 Å². The molecule has 6 heteroatoms. The van der Waals surface area contributed by atoms with Gasteiger partial charge in [-0.15, -0.1) is 0 Å². The number of carbonyl (C=O) groups excluding carboxylic acids is 1. The van der Waals surface area contributed by atoms with Crippen molar-refractivity contribution in [3.63, 3.8) is 0 Å².